The SMILES string of the molecule is CCCOC(=O)[C@@H](NS(=O)(=O)c1cccc(N2CCCC2=O)c1CC)C(NC(=O)c1ccc(Cl)s1)c1nccn1C.Cl. The molecule has 15 heteroatoms. The lowest BCUT2D eigenvalue weighted by molar-refractivity contribution is -0.146. The number of nitrogens with zero attached hydrogens (tertiary/aromatic N) is 3. The highest BCUT2D eigenvalue weighted by atomic mass is 35.5. The van der Waals surface area contributed by atoms with Crippen LogP contribution in [0.15, 0.2) is 47.6 Å². The van der Waals surface area contributed by atoms with E-state index in [9.17, 15) is 22.8 Å². The molecule has 0 aliphatic carbocycles. The van der Waals surface area contributed by atoms with Crippen LogP contribution in [0.5, 0.6) is 0 Å². The molecular formula is C27H33Cl2N5O6S2. The summed E-state index contributed by atoms with van der Waals surface area (Å²) >= 11 is 7.06. The summed E-state index contributed by atoms with van der Waals surface area (Å²) in [5.41, 5.74) is 0.966. The summed E-state index contributed by atoms with van der Waals surface area (Å²) in [7, 11) is -2.72. The van der Waals surface area contributed by atoms with Gasteiger partial charge in [0.25, 0.3) is 5.91 Å². The van der Waals surface area contributed by atoms with Gasteiger partial charge in [0, 0.05) is 38.1 Å². The minimum atomic E-state index is -4.38. The van der Waals surface area contributed by atoms with Crippen molar-refractivity contribution in [2.24, 2.45) is 7.05 Å². The number of anilines is 1. The number of carbonyl (C=O) groups excluding carboxylic acids is 3. The number of hydrogen-bond donors (Lipinski definition) is 2. The van der Waals surface area contributed by atoms with Crippen LogP contribution in [0.1, 0.15) is 60.2 Å². The van der Waals surface area contributed by atoms with Gasteiger partial charge >= 0.3 is 5.97 Å². The summed E-state index contributed by atoms with van der Waals surface area (Å²) in [4.78, 5) is 45.2. The average molecular weight is 659 g/mol. The molecule has 4 rings (SSSR count). The van der Waals surface area contributed by atoms with Crippen molar-refractivity contribution in [3.05, 3.63) is 63.3 Å². The van der Waals surface area contributed by atoms with E-state index in [-0.39, 0.29) is 40.5 Å². The summed E-state index contributed by atoms with van der Waals surface area (Å²) in [6.07, 6.45) is 4.99. The van der Waals surface area contributed by atoms with Crippen molar-refractivity contribution in [1.29, 1.82) is 0 Å². The number of aryl methyl sites for hydroxylation is 1. The van der Waals surface area contributed by atoms with Crippen molar-refractivity contribution in [2.45, 2.75) is 56.5 Å². The first-order chi connectivity index (χ1) is 19.6. The number of amides is 2. The van der Waals surface area contributed by atoms with Crippen molar-refractivity contribution in [2.75, 3.05) is 18.1 Å². The van der Waals surface area contributed by atoms with Gasteiger partial charge in [-0.2, -0.15) is 4.72 Å². The Labute approximate surface area is 260 Å². The third-order valence-corrected chi connectivity index (χ3v) is 9.41. The monoisotopic (exact) mass is 657 g/mol. The highest BCUT2D eigenvalue weighted by molar-refractivity contribution is 7.89. The van der Waals surface area contributed by atoms with Gasteiger partial charge in [-0.15, -0.1) is 23.7 Å². The van der Waals surface area contributed by atoms with Gasteiger partial charge in [-0.1, -0.05) is 31.5 Å². The fraction of sp³-hybridized carbons (Fsp3) is 0.407. The zero-order valence-corrected chi connectivity index (χ0v) is 26.5. The van der Waals surface area contributed by atoms with E-state index in [2.05, 4.69) is 15.0 Å². The smallest absolute Gasteiger partial charge is 0.326 e. The molecule has 11 nitrogen and oxygen atoms in total. The van der Waals surface area contributed by atoms with Gasteiger partial charge in [-0.25, -0.2) is 13.4 Å². The fourth-order valence-electron chi connectivity index (χ4n) is 4.71. The molecule has 2 atom stereocenters. The molecule has 1 aliphatic heterocycles. The van der Waals surface area contributed by atoms with Crippen LogP contribution in [0, 0.1) is 0 Å². The molecule has 2 aromatic heterocycles. The summed E-state index contributed by atoms with van der Waals surface area (Å²) in [5, 5.41) is 2.76. The minimum absolute atomic E-state index is 0. The zero-order valence-electron chi connectivity index (χ0n) is 23.3. The van der Waals surface area contributed by atoms with Crippen LogP contribution in [0.4, 0.5) is 5.69 Å². The molecule has 1 saturated heterocycles. The fourth-order valence-corrected chi connectivity index (χ4v) is 7.19. The second-order valence-electron chi connectivity index (χ2n) is 9.47. The van der Waals surface area contributed by atoms with Gasteiger partial charge in [0.2, 0.25) is 15.9 Å². The third-order valence-electron chi connectivity index (χ3n) is 6.65. The molecule has 1 aliphatic rings. The van der Waals surface area contributed by atoms with Gasteiger partial charge in [-0.05, 0) is 49.1 Å². The van der Waals surface area contributed by atoms with E-state index in [4.69, 9.17) is 16.3 Å². The predicted molar refractivity (Wildman–Crippen MR) is 163 cm³/mol. The van der Waals surface area contributed by atoms with E-state index in [0.717, 1.165) is 11.3 Å². The Hall–Kier alpha value is -2.97. The lowest BCUT2D eigenvalue weighted by Crippen LogP contribution is -2.52. The van der Waals surface area contributed by atoms with Crippen molar-refractivity contribution < 1.29 is 27.5 Å². The number of benzene rings is 1. The van der Waals surface area contributed by atoms with Crippen LogP contribution in [-0.4, -0.2) is 54.9 Å². The van der Waals surface area contributed by atoms with Gasteiger partial charge in [-0.3, -0.25) is 14.4 Å². The number of carbonyl (C=O) groups is 3. The summed E-state index contributed by atoms with van der Waals surface area (Å²) in [6, 6.07) is 5.00. The first-order valence-corrected chi connectivity index (χ1v) is 15.9. The first kappa shape index (κ1) is 33.5. The second-order valence-corrected chi connectivity index (χ2v) is 12.9. The number of sulfonamides is 1. The van der Waals surface area contributed by atoms with Crippen LogP contribution in [0.25, 0.3) is 0 Å². The van der Waals surface area contributed by atoms with Gasteiger partial charge < -0.3 is 19.5 Å². The van der Waals surface area contributed by atoms with E-state index in [1.807, 2.05) is 6.92 Å². The molecule has 2 N–H and O–H groups in total. The number of aromatic nitrogens is 2. The van der Waals surface area contributed by atoms with Crippen molar-refractivity contribution in [1.82, 2.24) is 19.6 Å². The quantitative estimate of drug-likeness (QED) is 0.280. The minimum Gasteiger partial charge on any atom is -0.464 e. The van der Waals surface area contributed by atoms with Crippen LogP contribution < -0.4 is 14.9 Å². The second kappa shape index (κ2) is 14.5. The zero-order chi connectivity index (χ0) is 29.7. The van der Waals surface area contributed by atoms with Gasteiger partial charge in [0.1, 0.15) is 17.9 Å². The number of esters is 1. The van der Waals surface area contributed by atoms with E-state index < -0.39 is 34.0 Å². The van der Waals surface area contributed by atoms with Crippen molar-refractivity contribution >= 4 is 68.8 Å². The Kier molecular flexibility index (Phi) is 11.6. The Morgan fingerprint density at radius 3 is 2.55 bits per heavy atom. The third kappa shape index (κ3) is 7.32. The summed E-state index contributed by atoms with van der Waals surface area (Å²) < 4.78 is 37.9. The number of halogens is 2. The van der Waals surface area contributed by atoms with Crippen LogP contribution in [-0.2, 0) is 37.8 Å². The maximum Gasteiger partial charge on any atom is 0.326 e. The molecule has 0 saturated carbocycles. The molecule has 1 aromatic carbocycles. The maximum absolute atomic E-state index is 14.0. The molecule has 3 heterocycles. The molecule has 0 radical (unpaired) electrons. The van der Waals surface area contributed by atoms with Gasteiger partial charge in [0.05, 0.1) is 20.7 Å². The molecule has 0 spiro atoms. The van der Waals surface area contributed by atoms with E-state index >= 15 is 0 Å². The summed E-state index contributed by atoms with van der Waals surface area (Å²) in [5.74, 6) is -1.29. The number of imidazole rings is 1. The molecule has 1 unspecified atom stereocenters. The maximum atomic E-state index is 14.0. The van der Waals surface area contributed by atoms with Crippen LogP contribution in [0.2, 0.25) is 4.34 Å². The summed E-state index contributed by atoms with van der Waals surface area (Å²) in [6.45, 7) is 4.15. The highest BCUT2D eigenvalue weighted by Crippen LogP contribution is 2.32. The average Bonchev–Trinajstić information content (AvgIpc) is 3.69. The van der Waals surface area contributed by atoms with Crippen molar-refractivity contribution in [3.63, 3.8) is 0 Å². The number of thiophene rings is 1. The first-order valence-electron chi connectivity index (χ1n) is 13.2. The molecule has 1 fully saturated rings. The number of nitrogens with one attached hydrogen (secondary N) is 2. The van der Waals surface area contributed by atoms with E-state index in [0.29, 0.717) is 47.8 Å². The molecule has 2 amide bonds. The Balaban J connectivity index is 0.00000484. The molecule has 228 valence electrons. The standard InChI is InChI=1S/C27H32ClN5O6S2.ClH/c1-4-16-39-27(36)24(23(25-29-13-15-32(25)3)30-26(35)19-11-12-21(28)40-19)31-41(37,38)20-9-6-8-18(17(20)5-2)33-14-7-10-22(33)34;/h6,8-9,11-13,15,23-24,31H,4-5,7,10,14,16H2,1-3H3,(H,30,35);1H/t23?,24-;/m0./s1. The normalized spacial score (nSPS) is 14.8. The Bertz CT molecular complexity index is 1540. The Morgan fingerprint density at radius 2 is 1.98 bits per heavy atom. The van der Waals surface area contributed by atoms with Crippen LogP contribution in [0.3, 0.4) is 0 Å². The Morgan fingerprint density at radius 1 is 1.21 bits per heavy atom. The number of ether oxygens (including phenoxy) is 1. The largest absolute Gasteiger partial charge is 0.464 e. The lowest BCUT2D eigenvalue weighted by Gasteiger charge is -2.28. The molecule has 42 heavy (non-hydrogen) atoms. The molecule has 3 aromatic rings. The van der Waals surface area contributed by atoms with Crippen molar-refractivity contribution in [3.8, 4) is 0 Å². The molecular weight excluding hydrogens is 625 g/mol. The number of rotatable bonds is 12. The van der Waals surface area contributed by atoms with Gasteiger partial charge in [0.15, 0.2) is 0 Å². The molecule has 0 bridgehead atoms. The lowest BCUT2D eigenvalue weighted by atomic mass is 10.1. The topological polar surface area (TPSA) is 140 Å². The van der Waals surface area contributed by atoms with E-state index in [1.165, 1.54) is 18.3 Å². The predicted octanol–water partition coefficient (Wildman–Crippen LogP) is 4.02. The highest BCUT2D eigenvalue weighted by Gasteiger charge is 2.39. The number of hydrogen-bond acceptors (Lipinski definition) is 8. The van der Waals surface area contributed by atoms with Crippen LogP contribution >= 0.6 is 35.3 Å². The van der Waals surface area contributed by atoms with E-state index in [1.54, 1.807) is 47.8 Å².